The van der Waals surface area contributed by atoms with Crippen LogP contribution in [0.1, 0.15) is 27.3 Å². The van der Waals surface area contributed by atoms with E-state index in [9.17, 15) is 14.4 Å². The Balaban J connectivity index is 1.71. The third kappa shape index (κ3) is 5.02. The molecular formula is C21H21N5O4. The minimum Gasteiger partial charge on any atom is -0.497 e. The van der Waals surface area contributed by atoms with Gasteiger partial charge in [0.1, 0.15) is 5.75 Å². The number of hydrogen-bond donors (Lipinski definition) is 3. The van der Waals surface area contributed by atoms with Gasteiger partial charge in [0, 0.05) is 19.2 Å². The van der Waals surface area contributed by atoms with Crippen LogP contribution in [0.5, 0.6) is 5.75 Å². The number of nitrogens with zero attached hydrogens (tertiary/aromatic N) is 2. The van der Waals surface area contributed by atoms with Gasteiger partial charge in [0.05, 0.1) is 24.0 Å². The maximum Gasteiger partial charge on any atom is 0.276 e. The van der Waals surface area contributed by atoms with Gasteiger partial charge < -0.3 is 21.1 Å². The molecule has 0 radical (unpaired) electrons. The van der Waals surface area contributed by atoms with Gasteiger partial charge in [-0.3, -0.25) is 14.4 Å². The Labute approximate surface area is 172 Å². The number of primary amides is 1. The van der Waals surface area contributed by atoms with Crippen LogP contribution >= 0.6 is 0 Å². The summed E-state index contributed by atoms with van der Waals surface area (Å²) in [4.78, 5) is 35.8. The van der Waals surface area contributed by atoms with E-state index in [4.69, 9.17) is 10.5 Å². The first-order valence-electron chi connectivity index (χ1n) is 9.15. The van der Waals surface area contributed by atoms with Crippen molar-refractivity contribution in [2.24, 2.45) is 5.73 Å². The highest BCUT2D eigenvalue weighted by molar-refractivity contribution is 6.08. The Morgan fingerprint density at radius 3 is 2.47 bits per heavy atom. The number of anilines is 1. The van der Waals surface area contributed by atoms with Crippen molar-refractivity contribution in [1.29, 1.82) is 0 Å². The van der Waals surface area contributed by atoms with E-state index in [1.54, 1.807) is 60.5 Å². The largest absolute Gasteiger partial charge is 0.497 e. The van der Waals surface area contributed by atoms with Crippen LogP contribution < -0.4 is 21.1 Å². The Bertz CT molecular complexity index is 1060. The van der Waals surface area contributed by atoms with E-state index in [2.05, 4.69) is 15.7 Å². The summed E-state index contributed by atoms with van der Waals surface area (Å²) in [5.41, 5.74) is 6.63. The number of methoxy groups -OCH3 is 1. The van der Waals surface area contributed by atoms with Gasteiger partial charge in [0.15, 0.2) is 5.69 Å². The summed E-state index contributed by atoms with van der Waals surface area (Å²) in [6.45, 7) is 0.114. The van der Waals surface area contributed by atoms with Gasteiger partial charge in [-0.2, -0.15) is 5.10 Å². The van der Waals surface area contributed by atoms with Crippen molar-refractivity contribution in [3.05, 3.63) is 72.1 Å². The van der Waals surface area contributed by atoms with Crippen LogP contribution in [0, 0.1) is 0 Å². The van der Waals surface area contributed by atoms with Gasteiger partial charge in [-0.15, -0.1) is 0 Å². The van der Waals surface area contributed by atoms with Crippen molar-refractivity contribution in [2.75, 3.05) is 19.0 Å². The summed E-state index contributed by atoms with van der Waals surface area (Å²) in [6, 6.07) is 15.4. The number of para-hydroxylation sites is 1. The Morgan fingerprint density at radius 2 is 1.77 bits per heavy atom. The molecule has 0 fully saturated rings. The van der Waals surface area contributed by atoms with Crippen molar-refractivity contribution >= 4 is 23.4 Å². The van der Waals surface area contributed by atoms with E-state index in [1.807, 2.05) is 12.1 Å². The lowest BCUT2D eigenvalue weighted by Gasteiger charge is -2.10. The van der Waals surface area contributed by atoms with Gasteiger partial charge in [0.2, 0.25) is 5.91 Å². The Morgan fingerprint density at radius 1 is 1.03 bits per heavy atom. The number of amides is 3. The lowest BCUT2D eigenvalue weighted by Crippen LogP contribution is -2.29. The standard InChI is InChI=1S/C21H21N5O4/c1-30-15-8-6-14(7-9-15)26-13-11-18(25-26)21(29)24-17-5-3-2-4-16(17)20(28)23-12-10-19(22)27/h2-9,11,13H,10,12H2,1H3,(H2,22,27)(H,23,28)(H,24,29). The van der Waals surface area contributed by atoms with Gasteiger partial charge in [-0.05, 0) is 42.5 Å². The molecule has 3 aromatic rings. The summed E-state index contributed by atoms with van der Waals surface area (Å²) >= 11 is 0. The molecule has 9 nitrogen and oxygen atoms in total. The normalized spacial score (nSPS) is 10.3. The average Bonchev–Trinajstić information content (AvgIpc) is 3.24. The highest BCUT2D eigenvalue weighted by atomic mass is 16.5. The van der Waals surface area contributed by atoms with Gasteiger partial charge >= 0.3 is 0 Å². The molecule has 0 spiro atoms. The Kier molecular flexibility index (Phi) is 6.43. The van der Waals surface area contributed by atoms with E-state index in [0.29, 0.717) is 5.69 Å². The molecule has 1 heterocycles. The first-order valence-corrected chi connectivity index (χ1v) is 9.15. The fourth-order valence-electron chi connectivity index (χ4n) is 2.69. The highest BCUT2D eigenvalue weighted by Gasteiger charge is 2.16. The van der Waals surface area contributed by atoms with E-state index in [-0.39, 0.29) is 24.2 Å². The fourth-order valence-corrected chi connectivity index (χ4v) is 2.69. The molecule has 0 atom stereocenters. The third-order valence-corrected chi connectivity index (χ3v) is 4.24. The zero-order chi connectivity index (χ0) is 21.5. The van der Waals surface area contributed by atoms with Crippen LogP contribution in [0.25, 0.3) is 5.69 Å². The molecule has 0 saturated heterocycles. The summed E-state index contributed by atoms with van der Waals surface area (Å²) in [6.07, 6.45) is 1.70. The van der Waals surface area contributed by atoms with Crippen LogP contribution in [0.2, 0.25) is 0 Å². The first kappa shape index (κ1) is 20.6. The van der Waals surface area contributed by atoms with Crippen molar-refractivity contribution in [2.45, 2.75) is 6.42 Å². The monoisotopic (exact) mass is 407 g/mol. The minimum atomic E-state index is -0.510. The second-order valence-corrected chi connectivity index (χ2v) is 6.32. The SMILES string of the molecule is COc1ccc(-n2ccc(C(=O)Nc3ccccc3C(=O)NCCC(N)=O)n2)cc1. The van der Waals surface area contributed by atoms with Gasteiger partial charge in [0.25, 0.3) is 11.8 Å². The number of nitrogens with two attached hydrogens (primary N) is 1. The van der Waals surface area contributed by atoms with Crippen LogP contribution in [0.3, 0.4) is 0 Å². The van der Waals surface area contributed by atoms with Crippen molar-refractivity contribution < 1.29 is 19.1 Å². The van der Waals surface area contributed by atoms with E-state index >= 15 is 0 Å². The fraction of sp³-hybridized carbons (Fsp3) is 0.143. The molecule has 0 aliphatic carbocycles. The number of aromatic nitrogens is 2. The molecule has 0 unspecified atom stereocenters. The van der Waals surface area contributed by atoms with Gasteiger partial charge in [-0.25, -0.2) is 4.68 Å². The molecule has 3 rings (SSSR count). The van der Waals surface area contributed by atoms with Crippen molar-refractivity contribution in [3.8, 4) is 11.4 Å². The molecule has 3 amide bonds. The van der Waals surface area contributed by atoms with Crippen molar-refractivity contribution in [1.82, 2.24) is 15.1 Å². The molecule has 0 saturated carbocycles. The average molecular weight is 407 g/mol. The smallest absolute Gasteiger partial charge is 0.276 e. The molecule has 0 aliphatic heterocycles. The van der Waals surface area contributed by atoms with E-state index in [0.717, 1.165) is 11.4 Å². The zero-order valence-electron chi connectivity index (χ0n) is 16.3. The summed E-state index contributed by atoms with van der Waals surface area (Å²) in [5.74, 6) is -0.672. The molecule has 154 valence electrons. The highest BCUT2D eigenvalue weighted by Crippen LogP contribution is 2.17. The van der Waals surface area contributed by atoms with E-state index in [1.165, 1.54) is 0 Å². The molecule has 0 bridgehead atoms. The summed E-state index contributed by atoms with van der Waals surface area (Å²) in [7, 11) is 1.58. The zero-order valence-corrected chi connectivity index (χ0v) is 16.3. The third-order valence-electron chi connectivity index (χ3n) is 4.24. The van der Waals surface area contributed by atoms with Crippen LogP contribution in [0.4, 0.5) is 5.69 Å². The number of nitrogens with one attached hydrogen (secondary N) is 2. The second kappa shape index (κ2) is 9.37. The maximum absolute atomic E-state index is 12.6. The first-order chi connectivity index (χ1) is 14.5. The molecule has 2 aromatic carbocycles. The lowest BCUT2D eigenvalue weighted by atomic mass is 10.1. The maximum atomic E-state index is 12.6. The van der Waals surface area contributed by atoms with Crippen molar-refractivity contribution in [3.63, 3.8) is 0 Å². The predicted molar refractivity (Wildman–Crippen MR) is 111 cm³/mol. The second-order valence-electron chi connectivity index (χ2n) is 6.32. The van der Waals surface area contributed by atoms with Crippen LogP contribution in [0.15, 0.2) is 60.8 Å². The lowest BCUT2D eigenvalue weighted by molar-refractivity contribution is -0.117. The molecule has 1 aromatic heterocycles. The number of rotatable bonds is 8. The number of benzene rings is 2. The summed E-state index contributed by atoms with van der Waals surface area (Å²) in [5, 5.41) is 9.59. The quantitative estimate of drug-likeness (QED) is 0.524. The molecular weight excluding hydrogens is 386 g/mol. The molecule has 9 heteroatoms. The molecule has 0 aliphatic rings. The van der Waals surface area contributed by atoms with Gasteiger partial charge in [-0.1, -0.05) is 12.1 Å². The minimum absolute atomic E-state index is 0.0308. The molecule has 30 heavy (non-hydrogen) atoms. The van der Waals surface area contributed by atoms with Crippen LogP contribution in [-0.2, 0) is 4.79 Å². The predicted octanol–water partition coefficient (Wildman–Crippen LogP) is 1.74. The number of carbonyl (C=O) groups excluding carboxylic acids is 3. The topological polar surface area (TPSA) is 128 Å². The Hall–Kier alpha value is -4.14. The van der Waals surface area contributed by atoms with Crippen LogP contribution in [-0.4, -0.2) is 41.2 Å². The number of ether oxygens (including phenoxy) is 1. The molecule has 4 N–H and O–H groups in total. The summed E-state index contributed by atoms with van der Waals surface area (Å²) < 4.78 is 6.70. The number of hydrogen-bond acceptors (Lipinski definition) is 5. The number of carbonyl (C=O) groups is 3. The van der Waals surface area contributed by atoms with E-state index < -0.39 is 17.7 Å².